The molecule has 0 saturated carbocycles. The second kappa shape index (κ2) is 6.98. The van der Waals surface area contributed by atoms with Gasteiger partial charge in [-0.15, -0.1) is 10.2 Å². The van der Waals surface area contributed by atoms with Crippen LogP contribution in [0.4, 0.5) is 10.8 Å². The Kier molecular flexibility index (Phi) is 5.04. The molecule has 112 valence electrons. The van der Waals surface area contributed by atoms with Crippen molar-refractivity contribution in [2.24, 2.45) is 0 Å². The summed E-state index contributed by atoms with van der Waals surface area (Å²) in [4.78, 5) is 10.3. The highest BCUT2D eigenvalue weighted by molar-refractivity contribution is 7.15. The van der Waals surface area contributed by atoms with Crippen molar-refractivity contribution in [3.8, 4) is 5.75 Å². The lowest BCUT2D eigenvalue weighted by Gasteiger charge is -2.06. The number of nitrogens with zero attached hydrogens (tertiary/aromatic N) is 3. The van der Waals surface area contributed by atoms with Crippen LogP contribution in [-0.4, -0.2) is 21.7 Å². The van der Waals surface area contributed by atoms with E-state index in [-0.39, 0.29) is 12.3 Å². The zero-order chi connectivity index (χ0) is 15.2. The summed E-state index contributed by atoms with van der Waals surface area (Å²) in [6.45, 7) is 5.00. The summed E-state index contributed by atoms with van der Waals surface area (Å²) in [6, 6.07) is 4.55. The van der Waals surface area contributed by atoms with Crippen molar-refractivity contribution in [2.45, 2.75) is 26.9 Å². The van der Waals surface area contributed by atoms with Crippen LogP contribution in [0.15, 0.2) is 18.2 Å². The molecular weight excluding hydrogens is 292 g/mol. The number of hydrogen-bond acceptors (Lipinski definition) is 7. The number of aryl methyl sites for hydroxylation is 1. The average molecular weight is 308 g/mol. The minimum Gasteiger partial charge on any atom is -0.486 e. The maximum Gasteiger partial charge on any atom is 0.273 e. The molecule has 8 heteroatoms. The molecule has 0 aliphatic rings. The molecule has 2 rings (SSSR count). The van der Waals surface area contributed by atoms with Gasteiger partial charge in [0, 0.05) is 12.6 Å². The zero-order valence-electron chi connectivity index (χ0n) is 11.8. The van der Waals surface area contributed by atoms with Crippen LogP contribution in [-0.2, 0) is 6.61 Å². The van der Waals surface area contributed by atoms with Gasteiger partial charge in [0.1, 0.15) is 12.4 Å². The van der Waals surface area contributed by atoms with Crippen LogP contribution in [0.2, 0.25) is 0 Å². The minimum atomic E-state index is -0.440. The summed E-state index contributed by atoms with van der Waals surface area (Å²) < 4.78 is 5.61. The van der Waals surface area contributed by atoms with Crippen LogP contribution >= 0.6 is 11.3 Å². The van der Waals surface area contributed by atoms with Gasteiger partial charge in [0.25, 0.3) is 5.69 Å². The molecule has 0 fully saturated rings. The van der Waals surface area contributed by atoms with Crippen LogP contribution in [0.3, 0.4) is 0 Å². The van der Waals surface area contributed by atoms with E-state index in [0.29, 0.717) is 5.75 Å². The number of nitro groups is 1. The number of aromatic nitrogens is 2. The van der Waals surface area contributed by atoms with Gasteiger partial charge in [0.05, 0.1) is 11.0 Å². The highest BCUT2D eigenvalue weighted by Gasteiger charge is 2.11. The molecule has 0 amide bonds. The highest BCUT2D eigenvalue weighted by atomic mass is 32.1. The van der Waals surface area contributed by atoms with Crippen molar-refractivity contribution >= 4 is 22.2 Å². The Bertz CT molecular complexity index is 630. The molecule has 0 spiro atoms. The quantitative estimate of drug-likeness (QED) is 0.624. The van der Waals surface area contributed by atoms with E-state index in [1.165, 1.54) is 23.5 Å². The number of nitrogens with one attached hydrogen (secondary N) is 1. The summed E-state index contributed by atoms with van der Waals surface area (Å²) in [5.74, 6) is 0.488. The Morgan fingerprint density at radius 3 is 2.95 bits per heavy atom. The largest absolute Gasteiger partial charge is 0.486 e. The first kappa shape index (κ1) is 15.2. The van der Waals surface area contributed by atoms with Gasteiger partial charge in [-0.3, -0.25) is 10.1 Å². The molecule has 1 aromatic heterocycles. The van der Waals surface area contributed by atoms with Gasteiger partial charge in [0.2, 0.25) is 5.13 Å². The molecule has 0 atom stereocenters. The van der Waals surface area contributed by atoms with Crippen molar-refractivity contribution < 1.29 is 9.66 Å². The molecule has 2 aromatic rings. The maximum absolute atomic E-state index is 10.8. The molecule has 0 unspecified atom stereocenters. The third-order valence-electron chi connectivity index (χ3n) is 2.73. The van der Waals surface area contributed by atoms with Crippen molar-refractivity contribution in [3.63, 3.8) is 0 Å². The highest BCUT2D eigenvalue weighted by Crippen LogP contribution is 2.25. The summed E-state index contributed by atoms with van der Waals surface area (Å²) in [6.07, 6.45) is 1.01. The lowest BCUT2D eigenvalue weighted by Crippen LogP contribution is -1.98. The average Bonchev–Trinajstić information content (AvgIpc) is 2.92. The zero-order valence-corrected chi connectivity index (χ0v) is 12.6. The molecular formula is C13H16N4O3S. The molecule has 7 nitrogen and oxygen atoms in total. The lowest BCUT2D eigenvalue weighted by molar-refractivity contribution is -0.385. The predicted molar refractivity (Wildman–Crippen MR) is 80.9 cm³/mol. The fraction of sp³-hybridized carbons (Fsp3) is 0.385. The van der Waals surface area contributed by atoms with Crippen LogP contribution in [0, 0.1) is 17.0 Å². The molecule has 0 bridgehead atoms. The Labute approximate surface area is 126 Å². The molecule has 21 heavy (non-hydrogen) atoms. The van der Waals surface area contributed by atoms with E-state index in [4.69, 9.17) is 4.74 Å². The fourth-order valence-electron chi connectivity index (χ4n) is 1.61. The summed E-state index contributed by atoms with van der Waals surface area (Å²) in [7, 11) is 0. The van der Waals surface area contributed by atoms with E-state index in [0.717, 1.165) is 28.7 Å². The van der Waals surface area contributed by atoms with Crippen molar-refractivity contribution in [1.29, 1.82) is 0 Å². The van der Waals surface area contributed by atoms with E-state index in [1.54, 1.807) is 6.07 Å². The summed E-state index contributed by atoms with van der Waals surface area (Å²) >= 11 is 1.42. The van der Waals surface area contributed by atoms with E-state index in [9.17, 15) is 10.1 Å². The van der Waals surface area contributed by atoms with Gasteiger partial charge in [-0.1, -0.05) is 18.3 Å². The van der Waals surface area contributed by atoms with E-state index in [1.807, 2.05) is 6.92 Å². The topological polar surface area (TPSA) is 90.2 Å². The second-order valence-corrected chi connectivity index (χ2v) is 5.49. The molecule has 0 aliphatic heterocycles. The Balaban J connectivity index is 2.00. The van der Waals surface area contributed by atoms with Gasteiger partial charge >= 0.3 is 0 Å². The number of anilines is 1. The monoisotopic (exact) mass is 308 g/mol. The fourth-order valence-corrected chi connectivity index (χ4v) is 2.29. The van der Waals surface area contributed by atoms with Crippen molar-refractivity contribution in [1.82, 2.24) is 10.2 Å². The van der Waals surface area contributed by atoms with Crippen molar-refractivity contribution in [3.05, 3.63) is 38.9 Å². The van der Waals surface area contributed by atoms with Crippen LogP contribution in [0.25, 0.3) is 0 Å². The van der Waals surface area contributed by atoms with Gasteiger partial charge in [-0.25, -0.2) is 0 Å². The van der Waals surface area contributed by atoms with Gasteiger partial charge in [-0.2, -0.15) is 0 Å². The molecule has 0 aliphatic carbocycles. The van der Waals surface area contributed by atoms with E-state index in [2.05, 4.69) is 22.4 Å². The third-order valence-corrected chi connectivity index (χ3v) is 3.58. The number of ether oxygens (including phenoxy) is 1. The Hall–Kier alpha value is -2.22. The number of nitro benzene ring substituents is 1. The third kappa shape index (κ3) is 4.12. The molecule has 0 saturated heterocycles. The first-order valence-corrected chi connectivity index (χ1v) is 7.36. The maximum atomic E-state index is 10.8. The Morgan fingerprint density at radius 1 is 1.43 bits per heavy atom. The number of hydrogen-bond donors (Lipinski definition) is 1. The normalized spacial score (nSPS) is 10.4. The van der Waals surface area contributed by atoms with E-state index < -0.39 is 4.92 Å². The smallest absolute Gasteiger partial charge is 0.273 e. The van der Waals surface area contributed by atoms with Crippen LogP contribution < -0.4 is 10.1 Å². The standard InChI is InChI=1S/C13H16N4O3S/c1-3-6-14-13-16-15-12(21-13)8-20-11-7-10(17(18)19)5-4-9(11)2/h4-5,7H,3,6,8H2,1-2H3,(H,14,16). The van der Waals surface area contributed by atoms with Crippen molar-refractivity contribution in [2.75, 3.05) is 11.9 Å². The predicted octanol–water partition coefficient (Wildman–Crippen LogP) is 3.16. The van der Waals surface area contributed by atoms with E-state index >= 15 is 0 Å². The van der Waals surface area contributed by atoms with Gasteiger partial charge in [0.15, 0.2) is 5.01 Å². The molecule has 1 aromatic carbocycles. The molecule has 1 N–H and O–H groups in total. The Morgan fingerprint density at radius 2 is 2.24 bits per heavy atom. The first-order chi connectivity index (χ1) is 10.1. The first-order valence-electron chi connectivity index (χ1n) is 6.54. The summed E-state index contributed by atoms with van der Waals surface area (Å²) in [5.41, 5.74) is 0.854. The minimum absolute atomic E-state index is 0.0122. The summed E-state index contributed by atoms with van der Waals surface area (Å²) in [5, 5.41) is 23.4. The number of benzene rings is 1. The van der Waals surface area contributed by atoms with Crippen LogP contribution in [0.1, 0.15) is 23.9 Å². The number of rotatable bonds is 7. The lowest BCUT2D eigenvalue weighted by atomic mass is 10.2. The van der Waals surface area contributed by atoms with Gasteiger partial charge < -0.3 is 10.1 Å². The van der Waals surface area contributed by atoms with Gasteiger partial charge in [-0.05, 0) is 25.0 Å². The van der Waals surface area contributed by atoms with Crippen LogP contribution in [0.5, 0.6) is 5.75 Å². The second-order valence-electron chi connectivity index (χ2n) is 4.42. The molecule has 0 radical (unpaired) electrons. The number of non-ortho nitro benzene ring substituents is 1. The molecule has 1 heterocycles. The SMILES string of the molecule is CCCNc1nnc(COc2cc([N+](=O)[O-])ccc2C)s1.